The normalized spacial score (nSPS) is 14.4. The monoisotopic (exact) mass is 472 g/mol. The Morgan fingerprint density at radius 1 is 1.00 bits per heavy atom. The molecule has 174 valence electrons. The molecule has 1 N–H and O–H groups in total. The molecule has 1 saturated heterocycles. The fourth-order valence-electron chi connectivity index (χ4n) is 3.09. The van der Waals surface area contributed by atoms with E-state index in [9.17, 15) is 14.4 Å². The van der Waals surface area contributed by atoms with E-state index in [-0.39, 0.29) is 4.91 Å². The molecular weight excluding hydrogens is 448 g/mol. The van der Waals surface area contributed by atoms with Gasteiger partial charge in [-0.25, -0.2) is 0 Å². The molecule has 1 aliphatic heterocycles. The van der Waals surface area contributed by atoms with Crippen molar-refractivity contribution in [3.63, 3.8) is 0 Å². The van der Waals surface area contributed by atoms with Gasteiger partial charge in [0.2, 0.25) is 5.91 Å². The molecule has 10 heteroatoms. The zero-order valence-corrected chi connectivity index (χ0v) is 19.5. The Kier molecular flexibility index (Phi) is 7.83. The Morgan fingerprint density at radius 3 is 2.18 bits per heavy atom. The van der Waals surface area contributed by atoms with Crippen molar-refractivity contribution in [2.45, 2.75) is 6.92 Å². The van der Waals surface area contributed by atoms with Crippen LogP contribution in [-0.4, -0.2) is 56.4 Å². The summed E-state index contributed by atoms with van der Waals surface area (Å²) >= 11 is 0.740. The molecule has 0 radical (unpaired) electrons. The number of nitrogens with one attached hydrogen (secondary N) is 1. The van der Waals surface area contributed by atoms with Crippen molar-refractivity contribution < 1.29 is 33.3 Å². The van der Waals surface area contributed by atoms with Crippen LogP contribution in [0.5, 0.6) is 23.0 Å². The van der Waals surface area contributed by atoms with E-state index in [4.69, 9.17) is 18.9 Å². The summed E-state index contributed by atoms with van der Waals surface area (Å²) < 4.78 is 21.4. The first-order valence-electron chi connectivity index (χ1n) is 9.98. The molecule has 2 aromatic rings. The third kappa shape index (κ3) is 5.58. The second kappa shape index (κ2) is 10.8. The topological polar surface area (TPSA) is 103 Å². The van der Waals surface area contributed by atoms with Crippen LogP contribution in [0.2, 0.25) is 0 Å². The highest BCUT2D eigenvalue weighted by Crippen LogP contribution is 2.39. The average molecular weight is 473 g/mol. The summed E-state index contributed by atoms with van der Waals surface area (Å²) in [4.78, 5) is 38.8. The SMILES string of the molecule is CCOc1ccc(NC(=O)CN2C(=O)S/C(=C/c3c(OC)cc(OC)cc3OC)C2=O)cc1. The first-order chi connectivity index (χ1) is 15.9. The molecule has 9 nitrogen and oxygen atoms in total. The largest absolute Gasteiger partial charge is 0.496 e. The van der Waals surface area contributed by atoms with Gasteiger partial charge in [-0.3, -0.25) is 19.3 Å². The zero-order valence-electron chi connectivity index (χ0n) is 18.7. The second-order valence-corrected chi connectivity index (χ2v) is 7.71. The maximum atomic E-state index is 12.9. The zero-order chi connectivity index (χ0) is 24.0. The van der Waals surface area contributed by atoms with Crippen molar-refractivity contribution in [3.8, 4) is 23.0 Å². The van der Waals surface area contributed by atoms with Gasteiger partial charge in [0.1, 0.15) is 29.5 Å². The van der Waals surface area contributed by atoms with E-state index in [2.05, 4.69) is 5.32 Å². The predicted molar refractivity (Wildman–Crippen MR) is 125 cm³/mol. The van der Waals surface area contributed by atoms with Crippen molar-refractivity contribution in [2.24, 2.45) is 0 Å². The Labute approximate surface area is 195 Å². The van der Waals surface area contributed by atoms with Gasteiger partial charge in [-0.2, -0.15) is 0 Å². The van der Waals surface area contributed by atoms with E-state index in [0.717, 1.165) is 16.7 Å². The van der Waals surface area contributed by atoms with Gasteiger partial charge in [0.25, 0.3) is 11.1 Å². The van der Waals surface area contributed by atoms with Crippen LogP contribution < -0.4 is 24.3 Å². The molecule has 0 unspecified atom stereocenters. The molecule has 0 aliphatic carbocycles. The van der Waals surface area contributed by atoms with Crippen LogP contribution in [0.3, 0.4) is 0 Å². The fraction of sp³-hybridized carbons (Fsp3) is 0.261. The van der Waals surface area contributed by atoms with Gasteiger partial charge >= 0.3 is 0 Å². The van der Waals surface area contributed by atoms with Gasteiger partial charge in [0.15, 0.2) is 0 Å². The first-order valence-corrected chi connectivity index (χ1v) is 10.8. The number of nitrogens with zero attached hydrogens (tertiary/aromatic N) is 1. The van der Waals surface area contributed by atoms with Gasteiger partial charge in [0, 0.05) is 17.8 Å². The van der Waals surface area contributed by atoms with E-state index in [1.807, 2.05) is 6.92 Å². The van der Waals surface area contributed by atoms with E-state index in [0.29, 0.717) is 40.9 Å². The van der Waals surface area contributed by atoms with Crippen LogP contribution in [0.1, 0.15) is 12.5 Å². The molecule has 0 spiro atoms. The van der Waals surface area contributed by atoms with Crippen LogP contribution in [0.4, 0.5) is 10.5 Å². The molecule has 2 aromatic carbocycles. The molecule has 3 rings (SSSR count). The lowest BCUT2D eigenvalue weighted by molar-refractivity contribution is -0.127. The Bertz CT molecular complexity index is 1060. The maximum Gasteiger partial charge on any atom is 0.294 e. The van der Waals surface area contributed by atoms with Crippen LogP contribution in [0, 0.1) is 0 Å². The third-order valence-corrected chi connectivity index (χ3v) is 5.56. The lowest BCUT2D eigenvalue weighted by Crippen LogP contribution is -2.36. The van der Waals surface area contributed by atoms with E-state index < -0.39 is 23.6 Å². The van der Waals surface area contributed by atoms with E-state index >= 15 is 0 Å². The number of amides is 3. The number of carbonyl (C=O) groups is 3. The summed E-state index contributed by atoms with van der Waals surface area (Å²) in [6, 6.07) is 10.1. The summed E-state index contributed by atoms with van der Waals surface area (Å²) in [6.07, 6.45) is 1.51. The average Bonchev–Trinajstić information content (AvgIpc) is 3.07. The minimum Gasteiger partial charge on any atom is -0.496 e. The third-order valence-electron chi connectivity index (χ3n) is 4.65. The number of methoxy groups -OCH3 is 3. The smallest absolute Gasteiger partial charge is 0.294 e. The molecule has 0 atom stereocenters. The minimum atomic E-state index is -0.577. The minimum absolute atomic E-state index is 0.149. The van der Waals surface area contributed by atoms with Crippen molar-refractivity contribution in [3.05, 3.63) is 46.9 Å². The van der Waals surface area contributed by atoms with Crippen LogP contribution in [-0.2, 0) is 9.59 Å². The second-order valence-electron chi connectivity index (χ2n) is 6.72. The molecule has 0 aromatic heterocycles. The summed E-state index contributed by atoms with van der Waals surface area (Å²) in [5.74, 6) is 0.933. The summed E-state index contributed by atoms with van der Waals surface area (Å²) in [5, 5.41) is 2.13. The molecule has 3 amide bonds. The fourth-order valence-corrected chi connectivity index (χ4v) is 3.91. The van der Waals surface area contributed by atoms with Gasteiger partial charge in [-0.05, 0) is 49.0 Å². The standard InChI is InChI=1S/C23H24N2O7S/c1-5-32-15-8-6-14(7-9-15)24-21(26)13-25-22(27)20(33-23(25)28)12-17-18(30-3)10-16(29-2)11-19(17)31-4/h6-12H,5,13H2,1-4H3,(H,24,26)/b20-12+. The summed E-state index contributed by atoms with van der Waals surface area (Å²) in [5.41, 5.74) is 1.00. The van der Waals surface area contributed by atoms with Crippen molar-refractivity contribution in [1.29, 1.82) is 0 Å². The van der Waals surface area contributed by atoms with Gasteiger partial charge in [-0.15, -0.1) is 0 Å². The van der Waals surface area contributed by atoms with E-state index in [1.165, 1.54) is 27.4 Å². The molecular formula is C23H24N2O7S. The summed E-state index contributed by atoms with van der Waals surface area (Å²) in [7, 11) is 4.46. The Hall–Kier alpha value is -3.66. The lowest BCUT2D eigenvalue weighted by Gasteiger charge is -2.14. The number of benzene rings is 2. The number of imide groups is 1. The molecule has 1 fully saturated rings. The number of hydrogen-bond donors (Lipinski definition) is 1. The molecule has 1 aliphatic rings. The van der Waals surface area contributed by atoms with Gasteiger partial charge < -0.3 is 24.3 Å². The predicted octanol–water partition coefficient (Wildman–Crippen LogP) is 3.79. The summed E-state index contributed by atoms with van der Waals surface area (Å²) in [6.45, 7) is 2.00. The highest BCUT2D eigenvalue weighted by molar-refractivity contribution is 8.18. The van der Waals surface area contributed by atoms with Crippen molar-refractivity contribution in [1.82, 2.24) is 4.90 Å². The van der Waals surface area contributed by atoms with Crippen LogP contribution in [0.15, 0.2) is 41.3 Å². The molecule has 33 heavy (non-hydrogen) atoms. The maximum absolute atomic E-state index is 12.9. The quantitative estimate of drug-likeness (QED) is 0.550. The van der Waals surface area contributed by atoms with Crippen LogP contribution in [0.25, 0.3) is 6.08 Å². The van der Waals surface area contributed by atoms with Crippen molar-refractivity contribution >= 4 is 40.6 Å². The van der Waals surface area contributed by atoms with E-state index in [1.54, 1.807) is 36.4 Å². The highest BCUT2D eigenvalue weighted by Gasteiger charge is 2.36. The van der Waals surface area contributed by atoms with Gasteiger partial charge in [-0.1, -0.05) is 0 Å². The number of hydrogen-bond acceptors (Lipinski definition) is 8. The number of rotatable bonds is 9. The van der Waals surface area contributed by atoms with Crippen molar-refractivity contribution in [2.75, 3.05) is 39.8 Å². The lowest BCUT2D eigenvalue weighted by atomic mass is 10.1. The number of anilines is 1. The Morgan fingerprint density at radius 2 is 1.64 bits per heavy atom. The molecule has 0 bridgehead atoms. The first kappa shape index (κ1) is 24.0. The number of thioether (sulfide) groups is 1. The highest BCUT2D eigenvalue weighted by atomic mass is 32.2. The van der Waals surface area contributed by atoms with Gasteiger partial charge in [0.05, 0.1) is 38.4 Å². The number of ether oxygens (including phenoxy) is 4. The molecule has 1 heterocycles. The van der Waals surface area contributed by atoms with Crippen LogP contribution >= 0.6 is 11.8 Å². The molecule has 0 saturated carbocycles. The number of carbonyl (C=O) groups excluding carboxylic acids is 3. The Balaban J connectivity index is 1.75.